The predicted molar refractivity (Wildman–Crippen MR) is 152 cm³/mol. The predicted octanol–water partition coefficient (Wildman–Crippen LogP) is 2.39. The number of nitrogens with two attached hydrogens (primary N) is 1. The molecule has 1 aliphatic heterocycles. The average molecular weight is 609 g/mol. The second kappa shape index (κ2) is 13.3. The molecule has 4 rings (SSSR count). The van der Waals surface area contributed by atoms with Crippen LogP contribution in [0.2, 0.25) is 0 Å². The Morgan fingerprint density at radius 3 is 2.67 bits per heavy atom. The number of H-pyrrole nitrogens is 1. The van der Waals surface area contributed by atoms with Gasteiger partial charge in [-0.3, -0.25) is 23.7 Å². The molecule has 5 N–H and O–H groups in total. The number of carboxylic acid groups (broad SMARTS) is 1. The maximum Gasteiger partial charge on any atom is 0.462 e. The summed E-state index contributed by atoms with van der Waals surface area (Å²) in [6.07, 6.45) is -1.44. The number of aromatic amines is 1. The molecule has 1 aliphatic rings. The van der Waals surface area contributed by atoms with Gasteiger partial charge in [-0.25, -0.2) is 9.55 Å². The molecule has 0 radical (unpaired) electrons. The van der Waals surface area contributed by atoms with Gasteiger partial charge in [0, 0.05) is 13.7 Å². The summed E-state index contributed by atoms with van der Waals surface area (Å²) in [7, 11) is -2.98. The number of methoxy groups -OCH3 is 1. The highest BCUT2D eigenvalue weighted by Crippen LogP contribution is 2.54. The summed E-state index contributed by atoms with van der Waals surface area (Å²) in [4.78, 5) is 35.0. The molecule has 3 aromatic rings. The third-order valence-corrected chi connectivity index (χ3v) is 9.13. The van der Waals surface area contributed by atoms with Crippen molar-refractivity contribution >= 4 is 30.8 Å². The third kappa shape index (κ3) is 6.66. The van der Waals surface area contributed by atoms with Crippen LogP contribution in [-0.4, -0.2) is 85.0 Å². The number of imidazole rings is 1. The maximum absolute atomic E-state index is 14.5. The number of fused-ring (bicyclic) bond motifs is 1. The van der Waals surface area contributed by atoms with E-state index in [-0.39, 0.29) is 35.3 Å². The number of nitrogens with zero attached hydrogens (tertiary/aromatic N) is 4. The van der Waals surface area contributed by atoms with Crippen LogP contribution in [0.4, 0.5) is 5.95 Å². The van der Waals surface area contributed by atoms with Crippen molar-refractivity contribution in [1.29, 1.82) is 0 Å². The molecule has 42 heavy (non-hydrogen) atoms. The number of anilines is 1. The van der Waals surface area contributed by atoms with Crippen LogP contribution in [0.3, 0.4) is 0 Å². The number of hydrogen-bond acceptors (Lipinski definition) is 11. The van der Waals surface area contributed by atoms with Gasteiger partial charge in [-0.2, -0.15) is 9.65 Å². The van der Waals surface area contributed by atoms with Crippen molar-refractivity contribution in [2.75, 3.05) is 26.0 Å². The van der Waals surface area contributed by atoms with Crippen LogP contribution in [0.15, 0.2) is 41.5 Å². The van der Waals surface area contributed by atoms with Gasteiger partial charge < -0.3 is 29.9 Å². The summed E-state index contributed by atoms with van der Waals surface area (Å²) in [5.74, 6) is -1.15. The number of benzene rings is 1. The van der Waals surface area contributed by atoms with E-state index in [1.54, 1.807) is 30.3 Å². The smallest absolute Gasteiger partial charge is 0.462 e. The Morgan fingerprint density at radius 1 is 1.31 bits per heavy atom. The van der Waals surface area contributed by atoms with Gasteiger partial charge in [-0.05, 0) is 31.4 Å². The van der Waals surface area contributed by atoms with Gasteiger partial charge in [0.2, 0.25) is 5.95 Å². The number of para-hydroxylation sites is 1. The molecule has 1 fully saturated rings. The average Bonchev–Trinajstić information content (AvgIpc) is 3.51. The summed E-state index contributed by atoms with van der Waals surface area (Å²) in [6.45, 7) is 5.01. The van der Waals surface area contributed by atoms with Gasteiger partial charge in [0.15, 0.2) is 17.4 Å². The zero-order valence-electron chi connectivity index (χ0n) is 23.8. The Labute approximate surface area is 242 Å². The van der Waals surface area contributed by atoms with E-state index in [0.717, 1.165) is 12.8 Å². The summed E-state index contributed by atoms with van der Waals surface area (Å²) in [5.41, 5.74) is 5.29. The molecule has 16 heteroatoms. The van der Waals surface area contributed by atoms with Crippen LogP contribution in [0.5, 0.6) is 5.75 Å². The Kier molecular flexibility index (Phi) is 10.0. The summed E-state index contributed by atoms with van der Waals surface area (Å²) in [5, 5.41) is 21.0. The molecule has 230 valence electrons. The molecule has 1 saturated heterocycles. The van der Waals surface area contributed by atoms with E-state index < -0.39 is 56.5 Å². The molecule has 2 unspecified atom stereocenters. The first-order valence-electron chi connectivity index (χ1n) is 13.6. The number of nitrogen functional groups attached to an aromatic ring is 1. The molecule has 2 aromatic heterocycles. The zero-order valence-corrected chi connectivity index (χ0v) is 24.7. The van der Waals surface area contributed by atoms with Crippen molar-refractivity contribution in [3.05, 3.63) is 47.0 Å². The fourth-order valence-electron chi connectivity index (χ4n) is 4.90. The van der Waals surface area contributed by atoms with E-state index >= 15 is 0 Å². The number of ether oxygens (including phenoxy) is 2. The number of aromatic nitrogens is 4. The van der Waals surface area contributed by atoms with Crippen LogP contribution < -0.4 is 15.8 Å². The number of rotatable bonds is 14. The summed E-state index contributed by atoms with van der Waals surface area (Å²) < 4.78 is 40.6. The Balaban J connectivity index is 1.64. The quantitative estimate of drug-likeness (QED) is 0.194. The minimum absolute atomic E-state index is 0.0112. The van der Waals surface area contributed by atoms with Crippen molar-refractivity contribution in [3.63, 3.8) is 0 Å². The van der Waals surface area contributed by atoms with Gasteiger partial charge in [-0.1, -0.05) is 38.5 Å². The molecule has 0 spiro atoms. The molecule has 0 aliphatic carbocycles. The van der Waals surface area contributed by atoms with Gasteiger partial charge in [0.25, 0.3) is 5.56 Å². The van der Waals surface area contributed by atoms with E-state index in [1.807, 2.05) is 13.8 Å². The largest absolute Gasteiger partial charge is 0.480 e. The van der Waals surface area contributed by atoms with Crippen molar-refractivity contribution in [3.8, 4) is 5.75 Å². The molecule has 7 atom stereocenters. The second-order valence-corrected chi connectivity index (χ2v) is 12.1. The number of aliphatic hydroxyl groups excluding tert-OH is 1. The molecule has 0 amide bonds. The fourth-order valence-corrected chi connectivity index (χ4v) is 6.93. The molecular formula is C26H37N6O9P. The number of carbonyl (C=O) groups is 1. The number of nitrogens with one attached hydrogen (secondary N) is 1. The highest BCUT2D eigenvalue weighted by atomic mass is 31.2. The van der Waals surface area contributed by atoms with Crippen LogP contribution in [0.1, 0.15) is 39.8 Å². The number of hydrogen-bond donors (Lipinski definition) is 4. The lowest BCUT2D eigenvalue weighted by Crippen LogP contribution is -2.42. The van der Waals surface area contributed by atoms with Gasteiger partial charge >= 0.3 is 13.7 Å². The highest BCUT2D eigenvalue weighted by molar-refractivity contribution is 7.51. The SMILES string of the molecule is CCCC(C)CN(C(C)C(=O)O)[P@@](=O)(OC[C@H]1O[C@@H](n2cnc3c(=O)[nH]c(N)nc32)[C@H](OC)[C@@H]1O)Oc1ccccc1. The lowest BCUT2D eigenvalue weighted by atomic mass is 10.1. The molecule has 0 saturated carbocycles. The summed E-state index contributed by atoms with van der Waals surface area (Å²) in [6, 6.07) is 7.06. The van der Waals surface area contributed by atoms with Crippen LogP contribution in [-0.2, 0) is 23.4 Å². The first-order valence-corrected chi connectivity index (χ1v) is 15.1. The molecular weight excluding hydrogens is 571 g/mol. The van der Waals surface area contributed by atoms with Crippen molar-refractivity contribution in [2.24, 2.45) is 5.92 Å². The standard InChI is InChI=1S/C26H37N6O9P/c1-5-9-15(2)12-32(16(3)25(35)36)42(37,41-17-10-7-6-8-11-17)39-13-18-20(33)21(38-4)24(40-18)31-14-28-19-22(31)29-26(27)30-23(19)34/h6-8,10-11,14-16,18,20-21,24,33H,5,9,12-13H2,1-4H3,(H,35,36)(H3,27,29,30,34)/t15?,16?,18-,20-,21-,24-,42-/m1/s1. The van der Waals surface area contributed by atoms with E-state index in [4.69, 9.17) is 24.3 Å². The van der Waals surface area contributed by atoms with Gasteiger partial charge in [0.1, 0.15) is 30.1 Å². The normalized spacial score (nSPS) is 23.6. The van der Waals surface area contributed by atoms with E-state index in [1.165, 1.54) is 29.6 Å². The first-order chi connectivity index (χ1) is 20.0. The fraction of sp³-hybridized carbons (Fsp3) is 0.538. The van der Waals surface area contributed by atoms with Crippen LogP contribution in [0, 0.1) is 5.92 Å². The maximum atomic E-state index is 14.5. The summed E-state index contributed by atoms with van der Waals surface area (Å²) >= 11 is 0. The highest BCUT2D eigenvalue weighted by Gasteiger charge is 2.49. The zero-order chi connectivity index (χ0) is 30.6. The molecule has 0 bridgehead atoms. The minimum Gasteiger partial charge on any atom is -0.480 e. The second-order valence-electron chi connectivity index (χ2n) is 10.2. The number of aliphatic hydroxyl groups is 1. The van der Waals surface area contributed by atoms with Crippen LogP contribution in [0.25, 0.3) is 11.2 Å². The van der Waals surface area contributed by atoms with E-state index in [9.17, 15) is 24.4 Å². The van der Waals surface area contributed by atoms with Crippen molar-refractivity contribution < 1.29 is 38.1 Å². The van der Waals surface area contributed by atoms with Gasteiger partial charge in [0.05, 0.1) is 12.9 Å². The Morgan fingerprint density at radius 2 is 2.02 bits per heavy atom. The lowest BCUT2D eigenvalue weighted by Gasteiger charge is -2.34. The van der Waals surface area contributed by atoms with E-state index in [0.29, 0.717) is 0 Å². The number of aliphatic carboxylic acids is 1. The van der Waals surface area contributed by atoms with Crippen molar-refractivity contribution in [1.82, 2.24) is 24.2 Å². The minimum atomic E-state index is -4.35. The Hall–Kier alpha value is -3.33. The van der Waals surface area contributed by atoms with Crippen LogP contribution >= 0.6 is 7.75 Å². The van der Waals surface area contributed by atoms with Gasteiger partial charge in [-0.15, -0.1) is 0 Å². The molecule has 3 heterocycles. The Bertz CT molecular complexity index is 1470. The monoisotopic (exact) mass is 608 g/mol. The molecule has 15 nitrogen and oxygen atoms in total. The number of carboxylic acids is 1. The van der Waals surface area contributed by atoms with E-state index in [2.05, 4.69) is 15.0 Å². The lowest BCUT2D eigenvalue weighted by molar-refractivity contribution is -0.141. The third-order valence-electron chi connectivity index (χ3n) is 7.07. The first kappa shape index (κ1) is 31.6. The topological polar surface area (TPSA) is 204 Å². The molecule has 1 aromatic carbocycles. The van der Waals surface area contributed by atoms with Crippen molar-refractivity contribution in [2.45, 2.75) is 64.2 Å².